The maximum Gasteiger partial charge on any atom is 0.233 e. The topological polar surface area (TPSA) is 63.9 Å². The minimum Gasteiger partial charge on any atom is -0.337 e. The number of rotatable bonds is 5. The van der Waals surface area contributed by atoms with Crippen molar-refractivity contribution in [1.29, 1.82) is 0 Å². The van der Waals surface area contributed by atoms with Crippen molar-refractivity contribution in [3.05, 3.63) is 59.9 Å². The fraction of sp³-hybridized carbons (Fsp3) is 0.300. The van der Waals surface area contributed by atoms with Crippen LogP contribution in [0.1, 0.15) is 18.1 Å². The predicted octanol–water partition coefficient (Wildman–Crippen LogP) is 3.04. The Morgan fingerprint density at radius 2 is 1.89 bits per heavy atom. The van der Waals surface area contributed by atoms with E-state index < -0.39 is 0 Å². The van der Waals surface area contributed by atoms with Gasteiger partial charge in [-0.05, 0) is 36.6 Å². The number of hydrogen-bond acceptors (Lipinski definition) is 5. The summed E-state index contributed by atoms with van der Waals surface area (Å²) in [5.74, 6) is 1.32. The fourth-order valence-corrected chi connectivity index (χ4v) is 4.23. The molecule has 1 aliphatic heterocycles. The number of carbonyl (C=O) groups excluding carboxylic acids is 1. The maximum atomic E-state index is 12.7. The van der Waals surface area contributed by atoms with Gasteiger partial charge in [0.2, 0.25) is 5.91 Å². The molecule has 0 atom stereocenters. The van der Waals surface area contributed by atoms with Crippen molar-refractivity contribution < 1.29 is 4.79 Å². The van der Waals surface area contributed by atoms with Gasteiger partial charge in [-0.1, -0.05) is 36.0 Å². The predicted molar refractivity (Wildman–Crippen MR) is 105 cm³/mol. The Morgan fingerprint density at radius 3 is 2.67 bits per heavy atom. The third-order valence-electron chi connectivity index (χ3n) is 4.78. The van der Waals surface area contributed by atoms with Gasteiger partial charge >= 0.3 is 0 Å². The van der Waals surface area contributed by atoms with Crippen molar-refractivity contribution in [3.63, 3.8) is 0 Å². The van der Waals surface area contributed by atoms with Crippen molar-refractivity contribution in [2.75, 3.05) is 12.3 Å². The molecule has 4 rings (SSSR count). The Labute approximate surface area is 162 Å². The van der Waals surface area contributed by atoms with Gasteiger partial charge in [-0.15, -0.1) is 10.2 Å². The van der Waals surface area contributed by atoms with Gasteiger partial charge in [-0.2, -0.15) is 0 Å². The minimum atomic E-state index is 0.144. The molecule has 0 fully saturated rings. The lowest BCUT2D eigenvalue weighted by molar-refractivity contribution is -0.129. The second-order valence-electron chi connectivity index (χ2n) is 6.41. The molecule has 6 nitrogen and oxygen atoms in total. The summed E-state index contributed by atoms with van der Waals surface area (Å²) in [6, 6.07) is 12.2. The van der Waals surface area contributed by atoms with Crippen LogP contribution in [0.4, 0.5) is 0 Å². The fourth-order valence-electron chi connectivity index (χ4n) is 3.32. The SMILES string of the molecule is CCn1c(SCC(=O)N2CCc3ccccc3C2)nnc1-c1ccncc1. The molecular weight excluding hydrogens is 358 g/mol. The van der Waals surface area contributed by atoms with E-state index in [0.29, 0.717) is 12.3 Å². The molecule has 0 unspecified atom stereocenters. The first-order valence-corrected chi connectivity index (χ1v) is 10.1. The standard InChI is InChI=1S/C20H21N5OS/c1-2-25-19(16-7-10-21-11-8-16)22-23-20(25)27-14-18(26)24-12-9-15-5-3-4-6-17(15)13-24/h3-8,10-11H,2,9,12-14H2,1H3. The number of thioether (sulfide) groups is 1. The Morgan fingerprint density at radius 1 is 1.11 bits per heavy atom. The number of carbonyl (C=O) groups is 1. The Balaban J connectivity index is 1.43. The van der Waals surface area contributed by atoms with Crippen LogP contribution in [0.2, 0.25) is 0 Å². The van der Waals surface area contributed by atoms with Crippen LogP contribution in [0.25, 0.3) is 11.4 Å². The highest BCUT2D eigenvalue weighted by molar-refractivity contribution is 7.99. The summed E-state index contributed by atoms with van der Waals surface area (Å²) in [5, 5.41) is 9.39. The molecule has 0 bridgehead atoms. The number of amides is 1. The molecule has 1 aliphatic rings. The van der Waals surface area contributed by atoms with Gasteiger partial charge in [0.05, 0.1) is 5.75 Å². The van der Waals surface area contributed by atoms with Crippen molar-refractivity contribution in [3.8, 4) is 11.4 Å². The highest BCUT2D eigenvalue weighted by Gasteiger charge is 2.21. The van der Waals surface area contributed by atoms with Gasteiger partial charge in [0.1, 0.15) is 0 Å². The number of benzene rings is 1. The summed E-state index contributed by atoms with van der Waals surface area (Å²) >= 11 is 1.45. The summed E-state index contributed by atoms with van der Waals surface area (Å²) < 4.78 is 2.04. The second-order valence-corrected chi connectivity index (χ2v) is 7.35. The van der Waals surface area contributed by atoms with E-state index in [2.05, 4.69) is 40.3 Å². The molecule has 0 aliphatic carbocycles. The van der Waals surface area contributed by atoms with Crippen LogP contribution in [-0.4, -0.2) is 42.9 Å². The molecule has 0 saturated heterocycles. The van der Waals surface area contributed by atoms with E-state index in [0.717, 1.165) is 36.1 Å². The lowest BCUT2D eigenvalue weighted by Crippen LogP contribution is -2.37. The Hall–Kier alpha value is -2.67. The van der Waals surface area contributed by atoms with Crippen molar-refractivity contribution in [2.45, 2.75) is 31.6 Å². The number of nitrogens with zero attached hydrogens (tertiary/aromatic N) is 5. The van der Waals surface area contributed by atoms with Gasteiger partial charge in [0, 0.05) is 37.6 Å². The van der Waals surface area contributed by atoms with E-state index in [-0.39, 0.29) is 5.91 Å². The molecule has 7 heteroatoms. The van der Waals surface area contributed by atoms with E-state index in [1.165, 1.54) is 22.9 Å². The Kier molecular flexibility index (Phi) is 5.20. The zero-order chi connectivity index (χ0) is 18.6. The van der Waals surface area contributed by atoms with Gasteiger partial charge in [-0.3, -0.25) is 9.78 Å². The molecule has 0 radical (unpaired) electrons. The first-order valence-electron chi connectivity index (χ1n) is 9.07. The molecule has 0 spiro atoms. The molecule has 1 amide bonds. The van der Waals surface area contributed by atoms with Gasteiger partial charge in [0.15, 0.2) is 11.0 Å². The van der Waals surface area contributed by atoms with Gasteiger partial charge < -0.3 is 9.47 Å². The monoisotopic (exact) mass is 379 g/mol. The zero-order valence-corrected chi connectivity index (χ0v) is 16.0. The molecule has 1 aromatic carbocycles. The van der Waals surface area contributed by atoms with E-state index in [1.54, 1.807) is 12.4 Å². The molecule has 0 N–H and O–H groups in total. The second kappa shape index (κ2) is 7.92. The minimum absolute atomic E-state index is 0.144. The third-order valence-corrected chi connectivity index (χ3v) is 5.73. The number of fused-ring (bicyclic) bond motifs is 1. The highest BCUT2D eigenvalue weighted by Crippen LogP contribution is 2.25. The summed E-state index contributed by atoms with van der Waals surface area (Å²) in [5.41, 5.74) is 3.57. The summed E-state index contributed by atoms with van der Waals surface area (Å²) in [7, 11) is 0. The largest absolute Gasteiger partial charge is 0.337 e. The smallest absolute Gasteiger partial charge is 0.233 e. The van der Waals surface area contributed by atoms with Crippen LogP contribution in [0.15, 0.2) is 53.9 Å². The lowest BCUT2D eigenvalue weighted by Gasteiger charge is -2.28. The lowest BCUT2D eigenvalue weighted by atomic mass is 10.00. The van der Waals surface area contributed by atoms with Crippen molar-refractivity contribution in [2.24, 2.45) is 0 Å². The summed E-state index contributed by atoms with van der Waals surface area (Å²) in [6.07, 6.45) is 4.41. The van der Waals surface area contributed by atoms with Crippen LogP contribution < -0.4 is 0 Å². The first kappa shape index (κ1) is 17.7. The van der Waals surface area contributed by atoms with Crippen molar-refractivity contribution in [1.82, 2.24) is 24.6 Å². The molecule has 3 heterocycles. The number of pyridine rings is 1. The third kappa shape index (κ3) is 3.73. The van der Waals surface area contributed by atoms with E-state index in [9.17, 15) is 4.79 Å². The molecule has 0 saturated carbocycles. The zero-order valence-electron chi connectivity index (χ0n) is 15.2. The van der Waals surface area contributed by atoms with Gasteiger partial charge in [-0.25, -0.2) is 0 Å². The van der Waals surface area contributed by atoms with Gasteiger partial charge in [0.25, 0.3) is 0 Å². The van der Waals surface area contributed by atoms with E-state index >= 15 is 0 Å². The average molecular weight is 379 g/mol. The van der Waals surface area contributed by atoms with Crippen LogP contribution >= 0.6 is 11.8 Å². The van der Waals surface area contributed by atoms with Crippen molar-refractivity contribution >= 4 is 17.7 Å². The molecule has 3 aromatic rings. The maximum absolute atomic E-state index is 12.7. The van der Waals surface area contributed by atoms with Crippen LogP contribution in [0.3, 0.4) is 0 Å². The first-order chi connectivity index (χ1) is 13.3. The molecule has 2 aromatic heterocycles. The van der Waals surface area contributed by atoms with E-state index in [1.807, 2.05) is 27.7 Å². The van der Waals surface area contributed by atoms with Crippen LogP contribution in [0.5, 0.6) is 0 Å². The molecular formula is C20H21N5OS. The number of hydrogen-bond donors (Lipinski definition) is 0. The molecule has 27 heavy (non-hydrogen) atoms. The van der Waals surface area contributed by atoms with Crippen LogP contribution in [-0.2, 0) is 24.3 Å². The number of aromatic nitrogens is 4. The van der Waals surface area contributed by atoms with E-state index in [4.69, 9.17) is 0 Å². The summed E-state index contributed by atoms with van der Waals surface area (Å²) in [4.78, 5) is 18.7. The Bertz CT molecular complexity index is 941. The summed E-state index contributed by atoms with van der Waals surface area (Å²) in [6.45, 7) is 4.28. The molecule has 138 valence electrons. The quantitative estimate of drug-likeness (QED) is 0.638. The normalized spacial score (nSPS) is 13.4. The highest BCUT2D eigenvalue weighted by atomic mass is 32.2. The van der Waals surface area contributed by atoms with Crippen LogP contribution in [0, 0.1) is 0 Å². The average Bonchev–Trinajstić information content (AvgIpc) is 3.15.